The van der Waals surface area contributed by atoms with E-state index in [9.17, 15) is 0 Å². The lowest BCUT2D eigenvalue weighted by Gasteiger charge is -2.11. The van der Waals surface area contributed by atoms with Gasteiger partial charge in [-0.05, 0) is 122 Å². The topological polar surface area (TPSA) is 84.8 Å². The number of pyridine rings is 2. The van der Waals surface area contributed by atoms with Gasteiger partial charge in [0.2, 0.25) is 5.95 Å². The summed E-state index contributed by atoms with van der Waals surface area (Å²) in [6, 6.07) is 46.9. The SMILES string of the molecule is [2H]C([2H])([2H])c1cnc(-n2c3cc(Oc4ccc5c6ccccc6n(-c6cc(C)ccn6)c5c4)ccc3c3ccc(Oc4ccc5c6ccccc6n(-c6cc(C([2H])([2H])[2H])ccn6)c5c4)cc32)nc1. The first-order chi connectivity index (χ1) is 32.9. The monoisotopic (exact) mass is 809 g/mol. The van der Waals surface area contributed by atoms with Crippen molar-refractivity contribution >= 4 is 65.4 Å². The Labute approximate surface area is 364 Å². The van der Waals surface area contributed by atoms with E-state index in [1.165, 1.54) is 24.7 Å². The number of benzene rings is 6. The number of aryl methyl sites for hydroxylation is 3. The zero-order chi connectivity index (χ0) is 46.5. The Hall–Kier alpha value is -8.30. The molecule has 6 heterocycles. The molecule has 9 heteroatoms. The van der Waals surface area contributed by atoms with Crippen LogP contribution in [0.3, 0.4) is 0 Å². The molecule has 0 atom stereocenters. The molecule has 12 rings (SSSR count). The highest BCUT2D eigenvalue weighted by Gasteiger charge is 2.19. The van der Waals surface area contributed by atoms with Crippen LogP contribution in [0.15, 0.2) is 170 Å². The fourth-order valence-electron chi connectivity index (χ4n) is 8.73. The third kappa shape index (κ3) is 5.77. The van der Waals surface area contributed by atoms with E-state index in [0.29, 0.717) is 34.3 Å². The van der Waals surface area contributed by atoms with Gasteiger partial charge in [0.15, 0.2) is 0 Å². The molecule has 0 bridgehead atoms. The molecule has 0 radical (unpaired) electrons. The van der Waals surface area contributed by atoms with Gasteiger partial charge < -0.3 is 9.47 Å². The number of hydrogen-bond donors (Lipinski definition) is 0. The lowest BCUT2D eigenvalue weighted by Crippen LogP contribution is -2.01. The van der Waals surface area contributed by atoms with E-state index in [-0.39, 0.29) is 17.1 Å². The minimum Gasteiger partial charge on any atom is -0.457 e. The third-order valence-electron chi connectivity index (χ3n) is 11.4. The Balaban J connectivity index is 0.966. The molecule has 6 aromatic carbocycles. The predicted molar refractivity (Wildman–Crippen MR) is 248 cm³/mol. The van der Waals surface area contributed by atoms with E-state index in [1.54, 1.807) is 6.07 Å². The van der Waals surface area contributed by atoms with Crippen molar-refractivity contribution < 1.29 is 17.7 Å². The first-order valence-corrected chi connectivity index (χ1v) is 20.1. The van der Waals surface area contributed by atoms with E-state index in [1.807, 2.05) is 125 Å². The van der Waals surface area contributed by atoms with Gasteiger partial charge in [0.1, 0.15) is 34.6 Å². The van der Waals surface area contributed by atoms with Gasteiger partial charge in [-0.2, -0.15) is 0 Å². The van der Waals surface area contributed by atoms with Crippen LogP contribution in [0.4, 0.5) is 0 Å². The summed E-state index contributed by atoms with van der Waals surface area (Å²) in [5.74, 6) is 3.81. The lowest BCUT2D eigenvalue weighted by atomic mass is 10.1. The van der Waals surface area contributed by atoms with E-state index in [0.717, 1.165) is 71.3 Å². The molecule has 0 spiro atoms. The molecule has 12 aromatic rings. The van der Waals surface area contributed by atoms with Crippen molar-refractivity contribution in [3.63, 3.8) is 0 Å². The van der Waals surface area contributed by atoms with Crippen LogP contribution in [0, 0.1) is 20.6 Å². The fraction of sp³-hybridized carbons (Fsp3) is 0.0566. The first-order valence-electron chi connectivity index (χ1n) is 23.1. The molecule has 0 aliphatic carbocycles. The van der Waals surface area contributed by atoms with Crippen molar-refractivity contribution in [1.29, 1.82) is 0 Å². The number of rotatable bonds is 7. The van der Waals surface area contributed by atoms with Crippen molar-refractivity contribution in [3.8, 4) is 40.6 Å². The summed E-state index contributed by atoms with van der Waals surface area (Å²) in [5, 5.41) is 5.89. The summed E-state index contributed by atoms with van der Waals surface area (Å²) in [5.41, 5.74) is 6.41. The Morgan fingerprint density at radius 1 is 0.387 bits per heavy atom. The summed E-state index contributed by atoms with van der Waals surface area (Å²) in [6.45, 7) is -2.64. The summed E-state index contributed by atoms with van der Waals surface area (Å²) in [7, 11) is 0. The molecular formula is C53H37N7O2. The second-order valence-corrected chi connectivity index (χ2v) is 15.3. The number of fused-ring (bicyclic) bond motifs is 9. The maximum atomic E-state index is 8.05. The highest BCUT2D eigenvalue weighted by molar-refractivity contribution is 6.11. The van der Waals surface area contributed by atoms with Crippen molar-refractivity contribution in [3.05, 3.63) is 187 Å². The van der Waals surface area contributed by atoms with Gasteiger partial charge in [-0.3, -0.25) is 13.7 Å². The minimum atomic E-state index is -2.38. The number of nitrogens with zero attached hydrogens (tertiary/aromatic N) is 7. The Kier molecular flexibility index (Phi) is 6.68. The van der Waals surface area contributed by atoms with Crippen molar-refractivity contribution in [1.82, 2.24) is 33.6 Å². The van der Waals surface area contributed by atoms with E-state index in [2.05, 4.69) is 50.7 Å². The molecule has 296 valence electrons. The molecule has 0 N–H and O–H groups in total. The van der Waals surface area contributed by atoms with Crippen LogP contribution >= 0.6 is 0 Å². The van der Waals surface area contributed by atoms with Crippen LogP contribution in [-0.2, 0) is 0 Å². The van der Waals surface area contributed by atoms with E-state index >= 15 is 0 Å². The summed E-state index contributed by atoms with van der Waals surface area (Å²) in [6.07, 6.45) is 6.01. The van der Waals surface area contributed by atoms with Crippen LogP contribution < -0.4 is 9.47 Å². The molecule has 0 aliphatic heterocycles. The highest BCUT2D eigenvalue weighted by Crippen LogP contribution is 2.40. The summed E-state index contributed by atoms with van der Waals surface area (Å²) >= 11 is 0. The highest BCUT2D eigenvalue weighted by atomic mass is 16.5. The van der Waals surface area contributed by atoms with E-state index < -0.39 is 13.7 Å². The summed E-state index contributed by atoms with van der Waals surface area (Å²) in [4.78, 5) is 18.5. The van der Waals surface area contributed by atoms with Crippen LogP contribution in [0.2, 0.25) is 0 Å². The van der Waals surface area contributed by atoms with Crippen molar-refractivity contribution in [2.24, 2.45) is 0 Å². The van der Waals surface area contributed by atoms with Crippen molar-refractivity contribution in [2.45, 2.75) is 20.6 Å². The van der Waals surface area contributed by atoms with Crippen LogP contribution in [0.25, 0.3) is 83.0 Å². The fourth-order valence-corrected chi connectivity index (χ4v) is 8.73. The largest absolute Gasteiger partial charge is 0.457 e. The maximum Gasteiger partial charge on any atom is 0.234 e. The van der Waals surface area contributed by atoms with Gasteiger partial charge in [0.05, 0.1) is 33.1 Å². The molecule has 0 saturated carbocycles. The maximum absolute atomic E-state index is 8.05. The molecule has 9 nitrogen and oxygen atoms in total. The number of hydrogen-bond acceptors (Lipinski definition) is 6. The minimum absolute atomic E-state index is 0.0249. The van der Waals surface area contributed by atoms with Gasteiger partial charge in [-0.1, -0.05) is 36.4 Å². The normalized spacial score (nSPS) is 13.6. The average molecular weight is 810 g/mol. The lowest BCUT2D eigenvalue weighted by molar-refractivity contribution is 0.484. The Morgan fingerprint density at radius 3 is 1.24 bits per heavy atom. The van der Waals surface area contributed by atoms with Gasteiger partial charge in [0.25, 0.3) is 0 Å². The molecule has 0 fully saturated rings. The number of ether oxygens (including phenoxy) is 2. The third-order valence-corrected chi connectivity index (χ3v) is 11.4. The summed E-state index contributed by atoms with van der Waals surface area (Å²) < 4.78 is 67.3. The molecule has 0 amide bonds. The molecule has 62 heavy (non-hydrogen) atoms. The van der Waals surface area contributed by atoms with Crippen LogP contribution in [0.1, 0.15) is 24.9 Å². The van der Waals surface area contributed by atoms with Crippen LogP contribution in [-0.4, -0.2) is 33.6 Å². The Morgan fingerprint density at radius 2 is 0.790 bits per heavy atom. The molecular weight excluding hydrogens is 767 g/mol. The average Bonchev–Trinajstić information content (AvgIpc) is 3.95. The second kappa shape index (κ2) is 13.9. The predicted octanol–water partition coefficient (Wildman–Crippen LogP) is 13.1. The zero-order valence-corrected chi connectivity index (χ0v) is 33.1. The first kappa shape index (κ1) is 29.8. The van der Waals surface area contributed by atoms with Gasteiger partial charge in [0, 0.05) is 89.6 Å². The molecule has 6 aromatic heterocycles. The Bertz CT molecular complexity index is 3980. The number of aromatic nitrogens is 7. The molecule has 0 aliphatic rings. The van der Waals surface area contributed by atoms with Crippen molar-refractivity contribution in [2.75, 3.05) is 0 Å². The quantitative estimate of drug-likeness (QED) is 0.159. The zero-order valence-electron chi connectivity index (χ0n) is 39.1. The van der Waals surface area contributed by atoms with Crippen LogP contribution in [0.5, 0.6) is 23.0 Å². The van der Waals surface area contributed by atoms with E-state index in [4.69, 9.17) is 22.7 Å². The second-order valence-electron chi connectivity index (χ2n) is 15.3. The van der Waals surface area contributed by atoms with Gasteiger partial charge in [-0.15, -0.1) is 0 Å². The standard InChI is InChI=1S/C53H37N7O2/c1-32-20-22-54-51(24-32)58-45-10-6-4-8-39(45)41-16-12-35(26-47(41)58)61-37-14-18-43-44-19-15-38(29-50(44)60(49(43)28-37)53-56-30-34(3)31-57-53)62-36-13-17-42-40-9-5-7-11-46(40)59(48(42)27-36)52-25-33(2)21-23-55-52/h4-31H,1-3H3/i1D3,3D3. The van der Waals surface area contributed by atoms with Gasteiger partial charge in [-0.25, -0.2) is 19.9 Å². The molecule has 0 saturated heterocycles. The smallest absolute Gasteiger partial charge is 0.234 e. The molecule has 0 unspecified atom stereocenters. The van der Waals surface area contributed by atoms with Gasteiger partial charge >= 0.3 is 0 Å². The number of para-hydroxylation sites is 2.